The summed E-state index contributed by atoms with van der Waals surface area (Å²) in [7, 11) is 0. The Morgan fingerprint density at radius 3 is 2.35 bits per heavy atom. The number of rotatable bonds is 8. The Hall–Kier alpha value is -4.33. The second-order valence-corrected chi connectivity index (χ2v) is 9.86. The average Bonchev–Trinajstić information content (AvgIpc) is 3.45. The maximum Gasteiger partial charge on any atom is 0.216 e. The number of aliphatic imine (C=N–C) groups is 1. The van der Waals surface area contributed by atoms with Gasteiger partial charge in [0.05, 0.1) is 12.2 Å². The molecule has 1 aliphatic rings. The molecule has 0 saturated heterocycles. The number of halogens is 2. The normalized spacial score (nSPS) is 13.7. The number of anilines is 1. The van der Waals surface area contributed by atoms with Gasteiger partial charge in [-0.3, -0.25) is 14.6 Å². The van der Waals surface area contributed by atoms with Gasteiger partial charge < -0.3 is 5.11 Å². The maximum absolute atomic E-state index is 15.3. The zero-order valence-electron chi connectivity index (χ0n) is 23.2. The number of nitrogens with zero attached hydrogens (tertiary/aromatic N) is 5. The molecule has 1 aliphatic heterocycles. The summed E-state index contributed by atoms with van der Waals surface area (Å²) >= 11 is 0. The maximum atomic E-state index is 15.3. The third-order valence-corrected chi connectivity index (χ3v) is 7.43. The summed E-state index contributed by atoms with van der Waals surface area (Å²) in [5.41, 5.74) is 6.18. The highest BCUT2D eigenvalue weighted by atomic mass is 19.1. The van der Waals surface area contributed by atoms with Gasteiger partial charge in [0.2, 0.25) is 5.95 Å². The van der Waals surface area contributed by atoms with Crippen molar-refractivity contribution in [1.82, 2.24) is 14.8 Å². The number of hydrogen-bond donors (Lipinski definition) is 1. The van der Waals surface area contributed by atoms with Gasteiger partial charge in [-0.1, -0.05) is 44.2 Å². The third kappa shape index (κ3) is 5.01. The molecule has 2 aromatic carbocycles. The summed E-state index contributed by atoms with van der Waals surface area (Å²) in [6.07, 6.45) is 5.10. The average molecular weight is 542 g/mol. The quantitative estimate of drug-likeness (QED) is 0.245. The molecule has 0 radical (unpaired) electrons. The van der Waals surface area contributed by atoms with Gasteiger partial charge in [-0.05, 0) is 67.1 Å². The Balaban J connectivity index is 1.56. The van der Waals surface area contributed by atoms with Gasteiger partial charge in [0.25, 0.3) is 0 Å². The summed E-state index contributed by atoms with van der Waals surface area (Å²) in [6.45, 7) is 8.76. The predicted octanol–water partition coefficient (Wildman–Crippen LogP) is 6.96. The minimum absolute atomic E-state index is 0.0863. The lowest BCUT2D eigenvalue weighted by molar-refractivity contribution is 0.391. The van der Waals surface area contributed by atoms with Crippen molar-refractivity contribution in [1.29, 1.82) is 0 Å². The SMILES string of the molecule is CCc1cccc(CC)c1N1C(c2ccn(CC)n2)=NCC(Cc2ccc(-c3ccnc(F)c3C)c(F)c2)=C1O. The molecular weight excluding hydrogens is 508 g/mol. The highest BCUT2D eigenvalue weighted by molar-refractivity contribution is 6.12. The van der Waals surface area contributed by atoms with Crippen LogP contribution >= 0.6 is 0 Å². The zero-order chi connectivity index (χ0) is 28.4. The largest absolute Gasteiger partial charge is 0.494 e. The first-order valence-corrected chi connectivity index (χ1v) is 13.7. The molecule has 0 fully saturated rings. The summed E-state index contributed by atoms with van der Waals surface area (Å²) < 4.78 is 31.1. The van der Waals surface area contributed by atoms with Crippen molar-refractivity contribution in [2.75, 3.05) is 11.4 Å². The molecule has 0 saturated carbocycles. The first-order chi connectivity index (χ1) is 19.4. The van der Waals surface area contributed by atoms with Crippen LogP contribution in [0, 0.1) is 18.7 Å². The Morgan fingerprint density at radius 1 is 0.950 bits per heavy atom. The van der Waals surface area contributed by atoms with Gasteiger partial charge in [0.15, 0.2) is 11.7 Å². The first-order valence-electron chi connectivity index (χ1n) is 13.7. The van der Waals surface area contributed by atoms with E-state index >= 15 is 4.39 Å². The van der Waals surface area contributed by atoms with Crippen molar-refractivity contribution < 1.29 is 13.9 Å². The summed E-state index contributed by atoms with van der Waals surface area (Å²) in [5, 5.41) is 16.5. The number of aryl methyl sites for hydroxylation is 3. The molecule has 6 nitrogen and oxygen atoms in total. The van der Waals surface area contributed by atoms with Crippen molar-refractivity contribution in [3.63, 3.8) is 0 Å². The molecule has 5 rings (SSSR count). The van der Waals surface area contributed by atoms with E-state index < -0.39 is 11.8 Å². The van der Waals surface area contributed by atoms with E-state index in [4.69, 9.17) is 4.99 Å². The molecule has 206 valence electrons. The van der Waals surface area contributed by atoms with E-state index in [1.165, 1.54) is 12.3 Å². The van der Waals surface area contributed by atoms with E-state index in [2.05, 4.69) is 36.1 Å². The number of pyridine rings is 1. The van der Waals surface area contributed by atoms with Crippen LogP contribution in [-0.4, -0.2) is 32.3 Å². The second-order valence-electron chi connectivity index (χ2n) is 9.86. The van der Waals surface area contributed by atoms with E-state index in [-0.39, 0.29) is 12.4 Å². The molecule has 0 atom stereocenters. The number of benzene rings is 2. The molecule has 0 spiro atoms. The van der Waals surface area contributed by atoms with E-state index in [1.54, 1.807) is 25.1 Å². The van der Waals surface area contributed by atoms with Crippen LogP contribution in [0.4, 0.5) is 14.5 Å². The van der Waals surface area contributed by atoms with Crippen LogP contribution in [-0.2, 0) is 25.8 Å². The summed E-state index contributed by atoms with van der Waals surface area (Å²) in [6, 6.07) is 14.6. The Kier molecular flexibility index (Phi) is 7.78. The molecule has 0 unspecified atom stereocenters. The molecule has 0 bridgehead atoms. The van der Waals surface area contributed by atoms with Crippen LogP contribution in [0.1, 0.15) is 48.7 Å². The van der Waals surface area contributed by atoms with Crippen molar-refractivity contribution in [3.8, 4) is 11.1 Å². The van der Waals surface area contributed by atoms with Crippen molar-refractivity contribution >= 4 is 11.5 Å². The first kappa shape index (κ1) is 27.2. The number of aliphatic hydroxyl groups excluding tert-OH is 1. The highest BCUT2D eigenvalue weighted by Crippen LogP contribution is 2.35. The van der Waals surface area contributed by atoms with Crippen molar-refractivity contribution in [2.24, 2.45) is 4.99 Å². The minimum atomic E-state index is -0.616. The van der Waals surface area contributed by atoms with Gasteiger partial charge in [0.1, 0.15) is 11.5 Å². The van der Waals surface area contributed by atoms with Gasteiger partial charge in [-0.15, -0.1) is 0 Å². The molecule has 0 aliphatic carbocycles. The lowest BCUT2D eigenvalue weighted by atomic mass is 9.97. The zero-order valence-corrected chi connectivity index (χ0v) is 23.2. The van der Waals surface area contributed by atoms with Crippen molar-refractivity contribution in [3.05, 3.63) is 112 Å². The van der Waals surface area contributed by atoms with Gasteiger partial charge in [0, 0.05) is 42.1 Å². The van der Waals surface area contributed by atoms with Gasteiger partial charge >= 0.3 is 0 Å². The molecule has 0 amide bonds. The molecule has 40 heavy (non-hydrogen) atoms. The topological polar surface area (TPSA) is 66.5 Å². The fourth-order valence-corrected chi connectivity index (χ4v) is 5.21. The Bertz CT molecular complexity index is 1600. The van der Waals surface area contributed by atoms with Crippen LogP contribution in [0.15, 0.2) is 77.4 Å². The molecule has 2 aromatic heterocycles. The lowest BCUT2D eigenvalue weighted by Crippen LogP contribution is -2.37. The molecule has 1 N–H and O–H groups in total. The standard InChI is InChI=1S/C32H33F2N5O/c1-5-22-9-8-10-23(6-2)29(22)39-31(28-14-16-38(7-3)37-28)36-19-24(32(39)40)17-21-11-12-26(27(33)18-21)25-13-15-35-30(34)20(25)4/h8-16,18,40H,5-7,17,19H2,1-4H3. The van der Waals surface area contributed by atoms with Crippen LogP contribution < -0.4 is 4.90 Å². The number of amidine groups is 1. The van der Waals surface area contributed by atoms with E-state index in [9.17, 15) is 9.50 Å². The predicted molar refractivity (Wildman–Crippen MR) is 155 cm³/mol. The van der Waals surface area contributed by atoms with Gasteiger partial charge in [-0.25, -0.2) is 9.37 Å². The summed E-state index contributed by atoms with van der Waals surface area (Å²) in [5.74, 6) is -0.406. The Labute approximate surface area is 233 Å². The molecule has 3 heterocycles. The fraction of sp³-hybridized carbons (Fsp3) is 0.281. The van der Waals surface area contributed by atoms with E-state index in [1.807, 2.05) is 34.8 Å². The number of hydrogen-bond acceptors (Lipinski definition) is 5. The molecular formula is C32H33F2N5O. The lowest BCUT2D eigenvalue weighted by Gasteiger charge is -2.32. The fourth-order valence-electron chi connectivity index (χ4n) is 5.21. The van der Waals surface area contributed by atoms with Crippen LogP contribution in [0.3, 0.4) is 0 Å². The third-order valence-electron chi connectivity index (χ3n) is 7.43. The smallest absolute Gasteiger partial charge is 0.216 e. The van der Waals surface area contributed by atoms with E-state index in [0.717, 1.165) is 36.2 Å². The van der Waals surface area contributed by atoms with Gasteiger partial charge in [-0.2, -0.15) is 9.49 Å². The monoisotopic (exact) mass is 541 g/mol. The van der Waals surface area contributed by atoms with Crippen molar-refractivity contribution in [2.45, 2.75) is 53.5 Å². The Morgan fingerprint density at radius 2 is 1.70 bits per heavy atom. The minimum Gasteiger partial charge on any atom is -0.494 e. The van der Waals surface area contributed by atoms with Crippen LogP contribution in [0.25, 0.3) is 11.1 Å². The van der Waals surface area contributed by atoms with Crippen LogP contribution in [0.5, 0.6) is 0 Å². The second kappa shape index (κ2) is 11.4. The van der Waals surface area contributed by atoms with E-state index in [0.29, 0.717) is 45.8 Å². The number of aromatic nitrogens is 3. The molecule has 4 aromatic rings. The molecule has 8 heteroatoms. The summed E-state index contributed by atoms with van der Waals surface area (Å²) in [4.78, 5) is 10.4. The number of para-hydroxylation sites is 1. The van der Waals surface area contributed by atoms with Crippen LogP contribution in [0.2, 0.25) is 0 Å². The highest BCUT2D eigenvalue weighted by Gasteiger charge is 2.31. The number of aliphatic hydroxyl groups is 1.